The highest BCUT2D eigenvalue weighted by Crippen LogP contribution is 2.57. The normalized spacial score (nSPS) is 13.6. The van der Waals surface area contributed by atoms with E-state index in [4.69, 9.17) is 0 Å². The fraction of sp³-hybridized carbons (Fsp3) is 0.0303. The highest BCUT2D eigenvalue weighted by molar-refractivity contribution is 9.10. The molecule has 0 heterocycles. The van der Waals surface area contributed by atoms with E-state index in [0.717, 1.165) is 26.0 Å². The number of rotatable bonds is 2. The van der Waals surface area contributed by atoms with Gasteiger partial charge < -0.3 is 10.2 Å². The molecule has 0 amide bonds. The zero-order valence-corrected chi connectivity index (χ0v) is 20.8. The first-order valence-corrected chi connectivity index (χ1v) is 12.7. The van der Waals surface area contributed by atoms with E-state index in [2.05, 4.69) is 94.8 Å². The Labute approximate surface area is 217 Å². The van der Waals surface area contributed by atoms with E-state index in [-0.39, 0.29) is 11.5 Å². The van der Waals surface area contributed by atoms with Crippen LogP contribution in [0.25, 0.3) is 32.7 Å². The quantitative estimate of drug-likeness (QED) is 0.236. The van der Waals surface area contributed by atoms with E-state index < -0.39 is 5.41 Å². The third-order valence-corrected chi connectivity index (χ3v) is 8.01. The van der Waals surface area contributed by atoms with Gasteiger partial charge in [-0.1, -0.05) is 82.7 Å². The molecule has 0 bridgehead atoms. The van der Waals surface area contributed by atoms with Crippen LogP contribution in [0.2, 0.25) is 0 Å². The Hall–Kier alpha value is -4.08. The van der Waals surface area contributed by atoms with Crippen molar-refractivity contribution < 1.29 is 10.2 Å². The van der Waals surface area contributed by atoms with Crippen molar-refractivity contribution >= 4 is 37.5 Å². The Morgan fingerprint density at radius 3 is 1.64 bits per heavy atom. The van der Waals surface area contributed by atoms with Gasteiger partial charge in [-0.05, 0) is 103 Å². The Kier molecular flexibility index (Phi) is 4.54. The monoisotopic (exact) mass is 528 g/mol. The molecule has 0 aliphatic heterocycles. The van der Waals surface area contributed by atoms with Crippen molar-refractivity contribution in [1.82, 2.24) is 0 Å². The highest BCUT2D eigenvalue weighted by Gasteiger charge is 2.46. The van der Waals surface area contributed by atoms with Crippen LogP contribution in [0.5, 0.6) is 11.5 Å². The van der Waals surface area contributed by atoms with Gasteiger partial charge in [-0.2, -0.15) is 0 Å². The van der Waals surface area contributed by atoms with Crippen molar-refractivity contribution in [2.45, 2.75) is 5.41 Å². The molecular weight excluding hydrogens is 508 g/mol. The van der Waals surface area contributed by atoms with Gasteiger partial charge in [0.1, 0.15) is 11.5 Å². The smallest absolute Gasteiger partial charge is 0.116 e. The van der Waals surface area contributed by atoms with Gasteiger partial charge in [-0.25, -0.2) is 0 Å². The van der Waals surface area contributed by atoms with Crippen LogP contribution in [0.3, 0.4) is 0 Å². The largest absolute Gasteiger partial charge is 0.508 e. The maximum Gasteiger partial charge on any atom is 0.116 e. The maximum atomic E-state index is 10.0. The maximum absolute atomic E-state index is 10.0. The lowest BCUT2D eigenvalue weighted by Crippen LogP contribution is -2.28. The van der Waals surface area contributed by atoms with Gasteiger partial charge in [0.15, 0.2) is 0 Å². The van der Waals surface area contributed by atoms with Gasteiger partial charge in [0.05, 0.1) is 5.41 Å². The number of hydrogen-bond donors (Lipinski definition) is 2. The standard InChI is InChI=1S/C33H21BrO2/c34-26-11-14-30-29-3-1-2-4-31(29)33(32(30)19-26,24-9-5-22-17-27(35)12-7-20(22)15-24)25-10-6-23-18-28(36)13-8-21(23)16-25/h1-19,35-36H. The van der Waals surface area contributed by atoms with Gasteiger partial charge in [0.25, 0.3) is 0 Å². The summed E-state index contributed by atoms with van der Waals surface area (Å²) in [6.45, 7) is 0. The number of benzene rings is 6. The molecule has 0 fully saturated rings. The average Bonchev–Trinajstić information content (AvgIpc) is 3.18. The van der Waals surface area contributed by atoms with Gasteiger partial charge in [0.2, 0.25) is 0 Å². The van der Waals surface area contributed by atoms with E-state index in [1.54, 1.807) is 24.3 Å². The minimum absolute atomic E-state index is 0.267. The summed E-state index contributed by atoms with van der Waals surface area (Å²) in [5.41, 5.74) is 6.74. The second-order valence-electron chi connectivity index (χ2n) is 9.48. The topological polar surface area (TPSA) is 40.5 Å². The summed E-state index contributed by atoms with van der Waals surface area (Å²) in [5, 5.41) is 24.2. The molecule has 0 saturated carbocycles. The third kappa shape index (κ3) is 2.96. The van der Waals surface area contributed by atoms with E-state index >= 15 is 0 Å². The lowest BCUT2D eigenvalue weighted by molar-refractivity contribution is 0.475. The van der Waals surface area contributed by atoms with E-state index in [1.807, 2.05) is 12.1 Å². The van der Waals surface area contributed by atoms with Gasteiger partial charge in [0, 0.05) is 4.47 Å². The lowest BCUT2D eigenvalue weighted by atomic mass is 9.67. The number of aromatic hydroxyl groups is 2. The van der Waals surface area contributed by atoms with Gasteiger partial charge in [-0.3, -0.25) is 0 Å². The van der Waals surface area contributed by atoms with Gasteiger partial charge >= 0.3 is 0 Å². The highest BCUT2D eigenvalue weighted by atomic mass is 79.9. The van der Waals surface area contributed by atoms with Crippen molar-refractivity contribution in [3.8, 4) is 22.6 Å². The van der Waals surface area contributed by atoms with Crippen molar-refractivity contribution in [3.63, 3.8) is 0 Å². The summed E-state index contributed by atoms with van der Waals surface area (Å²) in [6, 6.07) is 39.4. The summed E-state index contributed by atoms with van der Waals surface area (Å²) >= 11 is 3.75. The van der Waals surface area contributed by atoms with E-state index in [9.17, 15) is 10.2 Å². The predicted octanol–water partition coefficient (Wildman–Crippen LogP) is 8.53. The molecule has 0 saturated heterocycles. The molecule has 0 atom stereocenters. The molecule has 0 spiro atoms. The fourth-order valence-electron chi connectivity index (χ4n) is 5.97. The molecule has 3 heteroatoms. The molecule has 7 rings (SSSR count). The van der Waals surface area contributed by atoms with Crippen molar-refractivity contribution in [2.75, 3.05) is 0 Å². The Bertz CT molecular complexity index is 1750. The molecule has 36 heavy (non-hydrogen) atoms. The van der Waals surface area contributed by atoms with Crippen LogP contribution in [0.4, 0.5) is 0 Å². The van der Waals surface area contributed by atoms with Crippen molar-refractivity contribution in [2.24, 2.45) is 0 Å². The van der Waals surface area contributed by atoms with E-state index in [1.165, 1.54) is 33.4 Å². The molecule has 2 nitrogen and oxygen atoms in total. The number of hydrogen-bond acceptors (Lipinski definition) is 2. The van der Waals surface area contributed by atoms with Gasteiger partial charge in [-0.15, -0.1) is 0 Å². The summed E-state index contributed by atoms with van der Waals surface area (Å²) < 4.78 is 1.04. The molecule has 6 aromatic rings. The van der Waals surface area contributed by atoms with Crippen LogP contribution in [-0.4, -0.2) is 10.2 Å². The summed E-state index contributed by atoms with van der Waals surface area (Å²) in [6.07, 6.45) is 0. The number of phenols is 2. The fourth-order valence-corrected chi connectivity index (χ4v) is 6.33. The molecular formula is C33H21BrO2. The van der Waals surface area contributed by atoms with Crippen LogP contribution in [-0.2, 0) is 5.41 Å². The summed E-state index contributed by atoms with van der Waals surface area (Å²) in [7, 11) is 0. The molecule has 0 aromatic heterocycles. The molecule has 0 radical (unpaired) electrons. The molecule has 2 N–H and O–H groups in total. The minimum atomic E-state index is -0.534. The second kappa shape index (κ2) is 7.71. The number of fused-ring (bicyclic) bond motifs is 5. The predicted molar refractivity (Wildman–Crippen MR) is 150 cm³/mol. The first-order valence-electron chi connectivity index (χ1n) is 11.9. The van der Waals surface area contributed by atoms with Crippen LogP contribution in [0, 0.1) is 0 Å². The van der Waals surface area contributed by atoms with Crippen LogP contribution in [0.15, 0.2) is 120 Å². The summed E-state index contributed by atoms with van der Waals surface area (Å²) in [4.78, 5) is 0. The molecule has 172 valence electrons. The van der Waals surface area contributed by atoms with Crippen molar-refractivity contribution in [3.05, 3.63) is 142 Å². The zero-order valence-electron chi connectivity index (χ0n) is 19.2. The Morgan fingerprint density at radius 1 is 0.472 bits per heavy atom. The summed E-state index contributed by atoms with van der Waals surface area (Å²) in [5.74, 6) is 0.534. The first-order chi connectivity index (χ1) is 17.5. The van der Waals surface area contributed by atoms with Crippen LogP contribution in [0.1, 0.15) is 22.3 Å². The molecule has 6 aromatic carbocycles. The molecule has 0 unspecified atom stereocenters. The van der Waals surface area contributed by atoms with Crippen LogP contribution < -0.4 is 0 Å². The number of phenolic OH excluding ortho intramolecular Hbond substituents is 2. The molecule has 1 aliphatic carbocycles. The SMILES string of the molecule is Oc1ccc2cc(C3(c4ccc5cc(O)ccc5c4)c4ccccc4-c4ccc(Br)cc43)ccc2c1. The minimum Gasteiger partial charge on any atom is -0.508 e. The van der Waals surface area contributed by atoms with Crippen LogP contribution >= 0.6 is 15.9 Å². The Morgan fingerprint density at radius 2 is 1.00 bits per heavy atom. The second-order valence-corrected chi connectivity index (χ2v) is 10.4. The lowest BCUT2D eigenvalue weighted by Gasteiger charge is -2.34. The first kappa shape index (κ1) is 21.2. The van der Waals surface area contributed by atoms with Crippen molar-refractivity contribution in [1.29, 1.82) is 0 Å². The third-order valence-electron chi connectivity index (χ3n) is 7.52. The molecule has 1 aliphatic rings. The van der Waals surface area contributed by atoms with E-state index in [0.29, 0.717) is 0 Å². The number of halogens is 1. The Balaban J connectivity index is 1.63. The zero-order chi connectivity index (χ0) is 24.4. The average molecular weight is 529 g/mol.